The zero-order valence-corrected chi connectivity index (χ0v) is 9.00. The summed E-state index contributed by atoms with van der Waals surface area (Å²) in [5, 5.41) is 3.53. The second kappa shape index (κ2) is 4.42. The van der Waals surface area contributed by atoms with Gasteiger partial charge in [-0.1, -0.05) is 11.6 Å². The molecular weight excluding hydrogens is 235 g/mol. The first-order chi connectivity index (χ1) is 7.25. The average Bonchev–Trinajstić information content (AvgIpc) is 2.25. The second-order valence-corrected chi connectivity index (χ2v) is 3.45. The van der Waals surface area contributed by atoms with Gasteiger partial charge in [0.25, 0.3) is 0 Å². The van der Waals surface area contributed by atoms with Crippen molar-refractivity contribution in [1.82, 2.24) is 15.0 Å². The number of nitrogens with zero attached hydrogens (tertiary/aromatic N) is 3. The van der Waals surface area contributed by atoms with E-state index in [1.165, 1.54) is 6.20 Å². The minimum absolute atomic E-state index is 0.144. The highest BCUT2D eigenvalue weighted by Gasteiger charge is 2.03. The van der Waals surface area contributed by atoms with E-state index in [0.717, 1.165) is 5.69 Å². The Morgan fingerprint density at radius 2 is 2.07 bits per heavy atom. The molecule has 0 bridgehead atoms. The second-order valence-electron chi connectivity index (χ2n) is 2.70. The van der Waals surface area contributed by atoms with E-state index < -0.39 is 0 Å². The lowest BCUT2D eigenvalue weighted by atomic mass is 10.4. The van der Waals surface area contributed by atoms with Gasteiger partial charge in [-0.25, -0.2) is 4.98 Å². The highest BCUT2D eigenvalue weighted by molar-refractivity contribution is 6.33. The standard InChI is InChI=1S/C9H6Cl2N4/c10-7-5-13-9(11)15-8(7)14-6-2-1-3-12-4-6/h1-5H,(H,13,14,15). The highest BCUT2D eigenvalue weighted by atomic mass is 35.5. The van der Waals surface area contributed by atoms with Gasteiger partial charge in [-0.3, -0.25) is 4.98 Å². The number of aromatic nitrogens is 3. The summed E-state index contributed by atoms with van der Waals surface area (Å²) in [6.45, 7) is 0. The maximum Gasteiger partial charge on any atom is 0.224 e. The molecule has 6 heteroatoms. The fourth-order valence-electron chi connectivity index (χ4n) is 1.01. The van der Waals surface area contributed by atoms with E-state index in [-0.39, 0.29) is 5.28 Å². The fourth-order valence-corrected chi connectivity index (χ4v) is 1.28. The third kappa shape index (κ3) is 2.55. The number of nitrogens with one attached hydrogen (secondary N) is 1. The molecule has 0 unspecified atom stereocenters. The topological polar surface area (TPSA) is 50.7 Å². The summed E-state index contributed by atoms with van der Waals surface area (Å²) < 4.78 is 0. The largest absolute Gasteiger partial charge is 0.338 e. The fraction of sp³-hybridized carbons (Fsp3) is 0. The molecule has 2 aromatic rings. The maximum absolute atomic E-state index is 5.88. The first-order valence-electron chi connectivity index (χ1n) is 4.11. The molecule has 76 valence electrons. The van der Waals surface area contributed by atoms with Crippen molar-refractivity contribution in [2.75, 3.05) is 5.32 Å². The van der Waals surface area contributed by atoms with Crippen molar-refractivity contribution in [3.63, 3.8) is 0 Å². The minimum Gasteiger partial charge on any atom is -0.338 e. The van der Waals surface area contributed by atoms with E-state index in [1.54, 1.807) is 18.5 Å². The molecule has 0 amide bonds. The van der Waals surface area contributed by atoms with Crippen molar-refractivity contribution in [1.29, 1.82) is 0 Å². The third-order valence-corrected chi connectivity index (χ3v) is 2.10. The Bertz CT molecular complexity index is 461. The SMILES string of the molecule is Clc1ncc(Cl)c(Nc2cccnc2)n1. The van der Waals surface area contributed by atoms with Crippen LogP contribution in [-0.2, 0) is 0 Å². The van der Waals surface area contributed by atoms with Crippen LogP contribution in [0.2, 0.25) is 10.3 Å². The van der Waals surface area contributed by atoms with Crippen LogP contribution < -0.4 is 5.32 Å². The smallest absolute Gasteiger partial charge is 0.224 e. The van der Waals surface area contributed by atoms with Crippen LogP contribution in [-0.4, -0.2) is 15.0 Å². The molecule has 15 heavy (non-hydrogen) atoms. The summed E-state index contributed by atoms with van der Waals surface area (Å²) in [4.78, 5) is 11.7. The molecule has 2 rings (SSSR count). The van der Waals surface area contributed by atoms with Crippen LogP contribution in [0.1, 0.15) is 0 Å². The Hall–Kier alpha value is -1.39. The molecule has 0 aliphatic carbocycles. The summed E-state index contributed by atoms with van der Waals surface area (Å²) in [5.74, 6) is 0.463. The van der Waals surface area contributed by atoms with Gasteiger partial charge < -0.3 is 5.32 Å². The van der Waals surface area contributed by atoms with Crippen LogP contribution >= 0.6 is 23.2 Å². The molecule has 0 radical (unpaired) electrons. The molecule has 0 saturated heterocycles. The molecular formula is C9H6Cl2N4. The number of rotatable bonds is 2. The molecule has 0 saturated carbocycles. The van der Waals surface area contributed by atoms with Gasteiger partial charge in [0.05, 0.1) is 18.1 Å². The van der Waals surface area contributed by atoms with Crippen LogP contribution in [0.4, 0.5) is 11.5 Å². The third-order valence-electron chi connectivity index (χ3n) is 1.64. The Morgan fingerprint density at radius 1 is 1.20 bits per heavy atom. The molecule has 0 fully saturated rings. The van der Waals surface area contributed by atoms with E-state index in [9.17, 15) is 0 Å². The van der Waals surface area contributed by atoms with E-state index in [0.29, 0.717) is 10.8 Å². The Labute approximate surface area is 96.3 Å². The Kier molecular flexibility index (Phi) is 2.99. The van der Waals surface area contributed by atoms with Crippen molar-refractivity contribution in [3.05, 3.63) is 41.0 Å². The first-order valence-corrected chi connectivity index (χ1v) is 4.86. The van der Waals surface area contributed by atoms with Crippen LogP contribution in [0, 0.1) is 0 Å². The van der Waals surface area contributed by atoms with Gasteiger partial charge in [0.1, 0.15) is 5.02 Å². The van der Waals surface area contributed by atoms with Gasteiger partial charge in [0.15, 0.2) is 5.82 Å². The molecule has 0 aromatic carbocycles. The van der Waals surface area contributed by atoms with Crippen molar-refractivity contribution in [3.8, 4) is 0 Å². The van der Waals surface area contributed by atoms with Crippen LogP contribution in [0.15, 0.2) is 30.7 Å². The van der Waals surface area contributed by atoms with Gasteiger partial charge in [-0.2, -0.15) is 4.98 Å². The van der Waals surface area contributed by atoms with Crippen LogP contribution in [0.25, 0.3) is 0 Å². The summed E-state index contributed by atoms with van der Waals surface area (Å²) in [5.41, 5.74) is 0.786. The summed E-state index contributed by atoms with van der Waals surface area (Å²) in [6.07, 6.45) is 4.78. The van der Waals surface area contributed by atoms with E-state index in [1.807, 2.05) is 6.07 Å². The summed E-state index contributed by atoms with van der Waals surface area (Å²) in [7, 11) is 0. The minimum atomic E-state index is 0.144. The van der Waals surface area contributed by atoms with Crippen molar-refractivity contribution >= 4 is 34.7 Å². The molecule has 2 aromatic heterocycles. The maximum atomic E-state index is 5.88. The monoisotopic (exact) mass is 240 g/mol. The van der Waals surface area contributed by atoms with Gasteiger partial charge in [-0.15, -0.1) is 0 Å². The van der Waals surface area contributed by atoms with Crippen LogP contribution in [0.3, 0.4) is 0 Å². The Balaban J connectivity index is 2.28. The lowest BCUT2D eigenvalue weighted by Crippen LogP contribution is -1.96. The van der Waals surface area contributed by atoms with Gasteiger partial charge in [0, 0.05) is 6.20 Å². The zero-order valence-electron chi connectivity index (χ0n) is 7.48. The lowest BCUT2D eigenvalue weighted by Gasteiger charge is -2.05. The predicted molar refractivity (Wildman–Crippen MR) is 59.6 cm³/mol. The Morgan fingerprint density at radius 3 is 2.80 bits per heavy atom. The molecule has 0 aliphatic heterocycles. The number of pyridine rings is 1. The average molecular weight is 241 g/mol. The zero-order chi connectivity index (χ0) is 10.7. The van der Waals surface area contributed by atoms with E-state index in [4.69, 9.17) is 23.2 Å². The summed E-state index contributed by atoms with van der Waals surface area (Å²) >= 11 is 11.5. The molecule has 0 atom stereocenters. The molecule has 0 spiro atoms. The van der Waals surface area contributed by atoms with Crippen LogP contribution in [0.5, 0.6) is 0 Å². The number of anilines is 2. The normalized spacial score (nSPS) is 10.0. The quantitative estimate of drug-likeness (QED) is 0.821. The molecule has 2 heterocycles. The van der Waals surface area contributed by atoms with Crippen molar-refractivity contribution in [2.24, 2.45) is 0 Å². The van der Waals surface area contributed by atoms with Gasteiger partial charge >= 0.3 is 0 Å². The van der Waals surface area contributed by atoms with Gasteiger partial charge in [-0.05, 0) is 23.7 Å². The molecule has 4 nitrogen and oxygen atoms in total. The summed E-state index contributed by atoms with van der Waals surface area (Å²) in [6, 6.07) is 3.65. The molecule has 0 aliphatic rings. The lowest BCUT2D eigenvalue weighted by molar-refractivity contribution is 1.16. The molecule has 1 N–H and O–H groups in total. The van der Waals surface area contributed by atoms with Crippen molar-refractivity contribution in [2.45, 2.75) is 0 Å². The van der Waals surface area contributed by atoms with E-state index >= 15 is 0 Å². The number of halogens is 2. The number of hydrogen-bond donors (Lipinski definition) is 1. The predicted octanol–water partition coefficient (Wildman–Crippen LogP) is 2.92. The highest BCUT2D eigenvalue weighted by Crippen LogP contribution is 2.22. The van der Waals surface area contributed by atoms with E-state index in [2.05, 4.69) is 20.3 Å². The van der Waals surface area contributed by atoms with Gasteiger partial charge in [0.2, 0.25) is 5.28 Å². The first kappa shape index (κ1) is 10.1. The van der Waals surface area contributed by atoms with Crippen molar-refractivity contribution < 1.29 is 0 Å². The number of hydrogen-bond acceptors (Lipinski definition) is 4.